The van der Waals surface area contributed by atoms with Crippen molar-refractivity contribution in [3.05, 3.63) is 88.5 Å². The van der Waals surface area contributed by atoms with Gasteiger partial charge in [0.1, 0.15) is 5.82 Å². The molecule has 1 fully saturated rings. The quantitative estimate of drug-likeness (QED) is 0.264. The summed E-state index contributed by atoms with van der Waals surface area (Å²) in [6.07, 6.45) is 0.393. The third kappa shape index (κ3) is 5.62. The van der Waals surface area contributed by atoms with Gasteiger partial charge in [0, 0.05) is 17.0 Å². The highest BCUT2D eigenvalue weighted by molar-refractivity contribution is 5.64. The molecule has 0 saturated carbocycles. The Labute approximate surface area is 198 Å². The van der Waals surface area contributed by atoms with Crippen LogP contribution in [0.1, 0.15) is 30.8 Å². The highest BCUT2D eigenvalue weighted by atomic mass is 19.2. The summed E-state index contributed by atoms with van der Waals surface area (Å²) in [5, 5.41) is 0. The molecule has 3 aromatic carbocycles. The Hall–Kier alpha value is -3.04. The van der Waals surface area contributed by atoms with Gasteiger partial charge in [-0.25, -0.2) is 26.3 Å². The molecule has 1 heterocycles. The van der Waals surface area contributed by atoms with Crippen LogP contribution in [0.25, 0.3) is 11.1 Å². The number of aryl methyl sites for hydroxylation is 1. The monoisotopic (exact) mass is 496 g/mol. The van der Waals surface area contributed by atoms with Crippen LogP contribution in [-0.2, 0) is 15.9 Å². The van der Waals surface area contributed by atoms with Gasteiger partial charge in [0.2, 0.25) is 0 Å². The molecule has 0 spiro atoms. The van der Waals surface area contributed by atoms with Crippen LogP contribution in [-0.4, -0.2) is 19.8 Å². The molecule has 3 nitrogen and oxygen atoms in total. The van der Waals surface area contributed by atoms with Crippen molar-refractivity contribution in [1.82, 2.24) is 0 Å². The molecule has 0 aliphatic carbocycles. The molecule has 0 radical (unpaired) electrons. The van der Waals surface area contributed by atoms with E-state index in [-0.39, 0.29) is 36.9 Å². The smallest absolute Gasteiger partial charge is 0.194 e. The Kier molecular flexibility index (Phi) is 7.66. The third-order valence-corrected chi connectivity index (χ3v) is 5.59. The molecule has 4 rings (SSSR count). The third-order valence-electron chi connectivity index (χ3n) is 5.59. The summed E-state index contributed by atoms with van der Waals surface area (Å²) in [6, 6.07) is 7.75. The molecular formula is C26H22F6O3. The van der Waals surface area contributed by atoms with E-state index in [4.69, 9.17) is 14.2 Å². The second kappa shape index (κ2) is 10.7. The summed E-state index contributed by atoms with van der Waals surface area (Å²) in [7, 11) is 0. The lowest BCUT2D eigenvalue weighted by atomic mass is 10.0. The summed E-state index contributed by atoms with van der Waals surface area (Å²) in [5.41, 5.74) is 0.588. The molecule has 0 aromatic heterocycles. The number of rotatable bonds is 7. The highest BCUT2D eigenvalue weighted by Crippen LogP contribution is 2.32. The van der Waals surface area contributed by atoms with E-state index >= 15 is 0 Å². The molecule has 0 bridgehead atoms. The lowest BCUT2D eigenvalue weighted by molar-refractivity contribution is -0.208. The molecule has 0 N–H and O–H groups in total. The van der Waals surface area contributed by atoms with E-state index in [2.05, 4.69) is 0 Å². The standard InChI is InChI=1S/C26H22F6O3/c1-2-3-14-6-22(30)25(23(31)7-14)33-11-15-12-34-26(35-13-15)16-4-5-18(19(27)8-16)17-9-20(28)24(32)21(29)10-17/h4-10,15,26H,2-3,11-13H2,1H3/t15-,26-. The van der Waals surface area contributed by atoms with Crippen molar-refractivity contribution in [1.29, 1.82) is 0 Å². The predicted octanol–water partition coefficient (Wildman–Crippen LogP) is 6.88. The van der Waals surface area contributed by atoms with Gasteiger partial charge in [-0.1, -0.05) is 25.5 Å². The van der Waals surface area contributed by atoms with E-state index in [0.29, 0.717) is 29.7 Å². The fourth-order valence-corrected chi connectivity index (χ4v) is 3.84. The van der Waals surface area contributed by atoms with Gasteiger partial charge in [-0.05, 0) is 47.9 Å². The maximum Gasteiger partial charge on any atom is 0.194 e. The van der Waals surface area contributed by atoms with Crippen molar-refractivity contribution in [2.24, 2.45) is 5.92 Å². The van der Waals surface area contributed by atoms with Crippen molar-refractivity contribution >= 4 is 0 Å². The van der Waals surface area contributed by atoms with E-state index in [0.717, 1.165) is 12.5 Å². The summed E-state index contributed by atoms with van der Waals surface area (Å²) < 4.78 is 99.8. The molecule has 1 aliphatic heterocycles. The molecule has 35 heavy (non-hydrogen) atoms. The van der Waals surface area contributed by atoms with Crippen LogP contribution in [0.15, 0.2) is 42.5 Å². The lowest BCUT2D eigenvalue weighted by Gasteiger charge is -2.29. The van der Waals surface area contributed by atoms with Gasteiger partial charge in [0.15, 0.2) is 41.1 Å². The number of benzene rings is 3. The van der Waals surface area contributed by atoms with E-state index in [1.165, 1.54) is 24.3 Å². The molecule has 0 unspecified atom stereocenters. The summed E-state index contributed by atoms with van der Waals surface area (Å²) in [6.45, 7) is 2.11. The average Bonchev–Trinajstić information content (AvgIpc) is 2.82. The van der Waals surface area contributed by atoms with Gasteiger partial charge in [0.25, 0.3) is 0 Å². The Morgan fingerprint density at radius 2 is 1.43 bits per heavy atom. The first-order chi connectivity index (χ1) is 16.8. The van der Waals surface area contributed by atoms with Gasteiger partial charge < -0.3 is 14.2 Å². The number of hydrogen-bond donors (Lipinski definition) is 0. The second-order valence-corrected chi connectivity index (χ2v) is 8.31. The number of ether oxygens (including phenoxy) is 3. The van der Waals surface area contributed by atoms with Gasteiger partial charge >= 0.3 is 0 Å². The normalized spacial score (nSPS) is 18.0. The lowest BCUT2D eigenvalue weighted by Crippen LogP contribution is -2.31. The van der Waals surface area contributed by atoms with Crippen molar-refractivity contribution in [2.45, 2.75) is 26.1 Å². The van der Waals surface area contributed by atoms with Crippen molar-refractivity contribution in [3.8, 4) is 16.9 Å². The minimum absolute atomic E-state index is 0.0529. The minimum atomic E-state index is -1.63. The zero-order valence-electron chi connectivity index (χ0n) is 18.7. The maximum atomic E-state index is 14.7. The van der Waals surface area contributed by atoms with Crippen LogP contribution < -0.4 is 4.74 Å². The molecule has 186 valence electrons. The predicted molar refractivity (Wildman–Crippen MR) is 116 cm³/mol. The summed E-state index contributed by atoms with van der Waals surface area (Å²) in [4.78, 5) is 0. The Morgan fingerprint density at radius 3 is 2.00 bits per heavy atom. The molecule has 1 aliphatic rings. The fraction of sp³-hybridized carbons (Fsp3) is 0.308. The first kappa shape index (κ1) is 25.1. The van der Waals surface area contributed by atoms with E-state index in [1.807, 2.05) is 6.92 Å². The molecule has 1 saturated heterocycles. The van der Waals surface area contributed by atoms with Crippen LogP contribution in [0.4, 0.5) is 26.3 Å². The van der Waals surface area contributed by atoms with Gasteiger partial charge in [-0.2, -0.15) is 0 Å². The Morgan fingerprint density at radius 1 is 0.800 bits per heavy atom. The van der Waals surface area contributed by atoms with Crippen molar-refractivity contribution in [3.63, 3.8) is 0 Å². The summed E-state index contributed by atoms with van der Waals surface area (Å²) >= 11 is 0. The first-order valence-corrected chi connectivity index (χ1v) is 11.0. The first-order valence-electron chi connectivity index (χ1n) is 11.0. The molecule has 9 heteroatoms. The van der Waals surface area contributed by atoms with E-state index < -0.39 is 46.9 Å². The van der Waals surface area contributed by atoms with E-state index in [9.17, 15) is 26.3 Å². The van der Waals surface area contributed by atoms with Crippen LogP contribution in [0.3, 0.4) is 0 Å². The van der Waals surface area contributed by atoms with Crippen molar-refractivity contribution < 1.29 is 40.6 Å². The van der Waals surface area contributed by atoms with Crippen molar-refractivity contribution in [2.75, 3.05) is 19.8 Å². The average molecular weight is 496 g/mol. The highest BCUT2D eigenvalue weighted by Gasteiger charge is 2.26. The topological polar surface area (TPSA) is 27.7 Å². The van der Waals surface area contributed by atoms with E-state index in [1.54, 1.807) is 0 Å². The number of halogens is 6. The zero-order chi connectivity index (χ0) is 25.1. The second-order valence-electron chi connectivity index (χ2n) is 8.31. The summed E-state index contributed by atoms with van der Waals surface area (Å²) in [5.74, 6) is -7.62. The zero-order valence-corrected chi connectivity index (χ0v) is 18.7. The molecular weight excluding hydrogens is 474 g/mol. The van der Waals surface area contributed by atoms with Gasteiger partial charge in [0.05, 0.1) is 19.8 Å². The number of hydrogen-bond acceptors (Lipinski definition) is 3. The largest absolute Gasteiger partial charge is 0.487 e. The van der Waals surface area contributed by atoms with Crippen LogP contribution >= 0.6 is 0 Å². The molecule has 0 atom stereocenters. The fourth-order valence-electron chi connectivity index (χ4n) is 3.84. The van der Waals surface area contributed by atoms with Crippen LogP contribution in [0.2, 0.25) is 0 Å². The van der Waals surface area contributed by atoms with Crippen LogP contribution in [0, 0.1) is 40.8 Å². The Bertz CT molecular complexity index is 1160. The minimum Gasteiger partial charge on any atom is -0.487 e. The Balaban J connectivity index is 1.36. The van der Waals surface area contributed by atoms with Gasteiger partial charge in [-0.15, -0.1) is 0 Å². The molecule has 3 aromatic rings. The maximum absolute atomic E-state index is 14.7. The molecule has 0 amide bonds. The van der Waals surface area contributed by atoms with Gasteiger partial charge in [-0.3, -0.25) is 0 Å². The SMILES string of the molecule is CCCc1cc(F)c(OC[C@H]2CO[C@H](c3ccc(-c4cc(F)c(F)c(F)c4)c(F)c3)OC2)c(F)c1. The van der Waals surface area contributed by atoms with Crippen LogP contribution in [0.5, 0.6) is 5.75 Å².